The number of nitrogens with zero attached hydrogens (tertiary/aromatic N) is 3. The van der Waals surface area contributed by atoms with Gasteiger partial charge in [-0.2, -0.15) is 0 Å². The van der Waals surface area contributed by atoms with Crippen LogP contribution < -0.4 is 9.64 Å². The number of imidazole rings is 1. The summed E-state index contributed by atoms with van der Waals surface area (Å²) in [6.07, 6.45) is 3.06. The molecule has 4 nitrogen and oxygen atoms in total. The van der Waals surface area contributed by atoms with Crippen molar-refractivity contribution >= 4 is 43.7 Å². The maximum atomic E-state index is 5.84. The van der Waals surface area contributed by atoms with E-state index in [9.17, 15) is 0 Å². The van der Waals surface area contributed by atoms with Crippen LogP contribution in [0.25, 0.3) is 4.96 Å². The number of para-hydroxylation sites is 2. The van der Waals surface area contributed by atoms with Crippen LogP contribution in [0.3, 0.4) is 0 Å². The molecule has 0 amide bonds. The molecule has 0 unspecified atom stereocenters. The smallest absolute Gasteiger partial charge is 0.195 e. The zero-order chi connectivity index (χ0) is 14.2. The molecular formula is C15H14BrN3OS. The van der Waals surface area contributed by atoms with Crippen LogP contribution in [-0.4, -0.2) is 22.5 Å². The quantitative estimate of drug-likeness (QED) is 0.638. The lowest BCUT2D eigenvalue weighted by Crippen LogP contribution is -2.19. The third-order valence-corrected chi connectivity index (χ3v) is 4.95. The molecule has 0 bridgehead atoms. The van der Waals surface area contributed by atoms with Crippen molar-refractivity contribution in [3.63, 3.8) is 0 Å². The van der Waals surface area contributed by atoms with E-state index in [2.05, 4.69) is 42.9 Å². The Bertz CT molecular complexity index is 782. The van der Waals surface area contributed by atoms with Crippen molar-refractivity contribution in [2.75, 3.05) is 18.1 Å². The number of anilines is 2. The molecule has 0 atom stereocenters. The van der Waals surface area contributed by atoms with Gasteiger partial charge in [-0.25, -0.2) is 4.98 Å². The molecule has 0 saturated heterocycles. The Kier molecular flexibility index (Phi) is 3.35. The highest BCUT2D eigenvalue weighted by Crippen LogP contribution is 2.38. The lowest BCUT2D eigenvalue weighted by atomic mass is 10.2. The maximum Gasteiger partial charge on any atom is 0.195 e. The van der Waals surface area contributed by atoms with Gasteiger partial charge in [0.2, 0.25) is 0 Å². The molecule has 3 heterocycles. The first-order valence-corrected chi connectivity index (χ1v) is 8.88. The monoisotopic (exact) mass is 363 g/mol. The van der Waals surface area contributed by atoms with Gasteiger partial charge in [0.1, 0.15) is 5.75 Å². The topological polar surface area (TPSA) is 29.8 Å². The van der Waals surface area contributed by atoms with E-state index in [-0.39, 0.29) is 0 Å². The maximum absolute atomic E-state index is 5.84. The lowest BCUT2D eigenvalue weighted by molar-refractivity contribution is 0.322. The summed E-state index contributed by atoms with van der Waals surface area (Å²) in [5.74, 6) is 1.96. The highest BCUT2D eigenvalue weighted by Gasteiger charge is 2.23. The summed E-state index contributed by atoms with van der Waals surface area (Å²) in [7, 11) is 0. The van der Waals surface area contributed by atoms with Crippen LogP contribution in [0.1, 0.15) is 12.1 Å². The Labute approximate surface area is 135 Å². The van der Waals surface area contributed by atoms with Crippen LogP contribution in [0, 0.1) is 0 Å². The van der Waals surface area contributed by atoms with Gasteiger partial charge in [0.15, 0.2) is 10.8 Å². The summed E-state index contributed by atoms with van der Waals surface area (Å²) >= 11 is 5.27. The third-order valence-electron chi connectivity index (χ3n) is 3.66. The Morgan fingerprint density at radius 3 is 3.14 bits per heavy atom. The molecular weight excluding hydrogens is 350 g/mol. The molecule has 0 aliphatic carbocycles. The van der Waals surface area contributed by atoms with Gasteiger partial charge in [0.25, 0.3) is 0 Å². The SMILES string of the molecule is BrCc1c(N2CCCOc3ccccc32)nc2sccn12. The number of benzene rings is 1. The second kappa shape index (κ2) is 5.35. The van der Waals surface area contributed by atoms with Gasteiger partial charge in [0.05, 0.1) is 18.0 Å². The number of thiazole rings is 1. The Balaban J connectivity index is 1.89. The molecule has 6 heteroatoms. The lowest BCUT2D eigenvalue weighted by Gasteiger charge is -2.22. The van der Waals surface area contributed by atoms with Gasteiger partial charge in [-0.05, 0) is 18.6 Å². The van der Waals surface area contributed by atoms with E-state index in [1.165, 1.54) is 5.69 Å². The minimum atomic E-state index is 0.749. The first-order valence-electron chi connectivity index (χ1n) is 6.88. The molecule has 1 aliphatic rings. The van der Waals surface area contributed by atoms with Crippen LogP contribution in [-0.2, 0) is 5.33 Å². The van der Waals surface area contributed by atoms with Crippen LogP contribution in [0.4, 0.5) is 11.5 Å². The van der Waals surface area contributed by atoms with Crippen LogP contribution in [0.15, 0.2) is 35.8 Å². The normalized spacial score (nSPS) is 14.8. The van der Waals surface area contributed by atoms with Crippen molar-refractivity contribution in [1.82, 2.24) is 9.38 Å². The number of fused-ring (bicyclic) bond motifs is 2. The van der Waals surface area contributed by atoms with Gasteiger partial charge in [-0.1, -0.05) is 28.1 Å². The standard InChI is InChI=1S/C15H14BrN3OS/c16-10-12-14(17-15-19(12)7-9-21-15)18-6-3-8-20-13-5-2-1-4-11(13)18/h1-2,4-5,7,9H,3,6,8,10H2. The van der Waals surface area contributed by atoms with Gasteiger partial charge >= 0.3 is 0 Å². The minimum absolute atomic E-state index is 0.749. The molecule has 21 heavy (non-hydrogen) atoms. The van der Waals surface area contributed by atoms with E-state index in [1.54, 1.807) is 11.3 Å². The van der Waals surface area contributed by atoms with E-state index in [0.717, 1.165) is 47.1 Å². The number of ether oxygens (including phenoxy) is 1. The van der Waals surface area contributed by atoms with Crippen LogP contribution in [0.2, 0.25) is 0 Å². The fourth-order valence-corrected chi connectivity index (χ4v) is 3.96. The van der Waals surface area contributed by atoms with Gasteiger partial charge < -0.3 is 9.64 Å². The second-order valence-electron chi connectivity index (χ2n) is 4.89. The molecule has 108 valence electrons. The number of hydrogen-bond donors (Lipinski definition) is 0. The van der Waals surface area contributed by atoms with E-state index in [4.69, 9.17) is 9.72 Å². The molecule has 1 aliphatic heterocycles. The van der Waals surface area contributed by atoms with E-state index >= 15 is 0 Å². The fraction of sp³-hybridized carbons (Fsp3) is 0.267. The average Bonchev–Trinajstić information content (AvgIpc) is 3.02. The number of alkyl halides is 1. The van der Waals surface area contributed by atoms with Crippen molar-refractivity contribution in [2.24, 2.45) is 0 Å². The summed E-state index contributed by atoms with van der Waals surface area (Å²) < 4.78 is 8.00. The number of hydrogen-bond acceptors (Lipinski definition) is 4. The van der Waals surface area contributed by atoms with Crippen molar-refractivity contribution in [2.45, 2.75) is 11.8 Å². The molecule has 0 radical (unpaired) electrons. The molecule has 1 aromatic carbocycles. The second-order valence-corrected chi connectivity index (χ2v) is 6.33. The zero-order valence-corrected chi connectivity index (χ0v) is 13.7. The first kappa shape index (κ1) is 13.2. The van der Waals surface area contributed by atoms with Crippen LogP contribution in [0.5, 0.6) is 5.75 Å². The summed E-state index contributed by atoms with van der Waals surface area (Å²) in [6, 6.07) is 8.19. The van der Waals surface area contributed by atoms with E-state index in [0.29, 0.717) is 0 Å². The molecule has 3 aromatic rings. The highest BCUT2D eigenvalue weighted by molar-refractivity contribution is 9.08. The zero-order valence-electron chi connectivity index (χ0n) is 11.3. The van der Waals surface area contributed by atoms with Crippen LogP contribution >= 0.6 is 27.3 Å². The minimum Gasteiger partial charge on any atom is -0.491 e. The van der Waals surface area contributed by atoms with E-state index in [1.807, 2.05) is 18.2 Å². The number of aromatic nitrogens is 2. The third kappa shape index (κ3) is 2.13. The summed E-state index contributed by atoms with van der Waals surface area (Å²) in [5, 5.41) is 2.84. The number of rotatable bonds is 2. The first-order chi connectivity index (χ1) is 10.4. The van der Waals surface area contributed by atoms with Gasteiger partial charge in [-0.3, -0.25) is 4.40 Å². The largest absolute Gasteiger partial charge is 0.491 e. The summed E-state index contributed by atoms with van der Waals surface area (Å²) in [4.78, 5) is 8.14. The van der Waals surface area contributed by atoms with Crippen molar-refractivity contribution in [1.29, 1.82) is 0 Å². The van der Waals surface area contributed by atoms with Gasteiger partial charge in [-0.15, -0.1) is 11.3 Å². The Hall–Kier alpha value is -1.53. The highest BCUT2D eigenvalue weighted by atomic mass is 79.9. The van der Waals surface area contributed by atoms with Crippen molar-refractivity contribution in [3.05, 3.63) is 41.5 Å². The predicted octanol–water partition coefficient (Wildman–Crippen LogP) is 4.21. The Morgan fingerprint density at radius 1 is 1.33 bits per heavy atom. The summed E-state index contributed by atoms with van der Waals surface area (Å²) in [5.41, 5.74) is 2.28. The molecule has 0 N–H and O–H groups in total. The molecule has 2 aromatic heterocycles. The van der Waals surface area contributed by atoms with Crippen molar-refractivity contribution in [3.8, 4) is 5.75 Å². The molecule has 4 rings (SSSR count). The molecule has 0 spiro atoms. The molecule has 0 fully saturated rings. The van der Waals surface area contributed by atoms with Gasteiger partial charge in [0, 0.05) is 23.5 Å². The number of halogens is 1. The summed E-state index contributed by atoms with van der Waals surface area (Å²) in [6.45, 7) is 1.67. The fourth-order valence-electron chi connectivity index (χ4n) is 2.71. The predicted molar refractivity (Wildman–Crippen MR) is 89.3 cm³/mol. The van der Waals surface area contributed by atoms with E-state index < -0.39 is 0 Å². The average molecular weight is 364 g/mol. The Morgan fingerprint density at radius 2 is 2.24 bits per heavy atom. The van der Waals surface area contributed by atoms with Crippen molar-refractivity contribution < 1.29 is 4.74 Å². The molecule has 0 saturated carbocycles.